The number of halogens is 5. The Morgan fingerprint density at radius 3 is 1.12 bits per heavy atom. The third-order valence-corrected chi connectivity index (χ3v) is 4.23. The summed E-state index contributed by atoms with van der Waals surface area (Å²) in [5.74, 6) is -2.57. The fourth-order valence-electron chi connectivity index (χ4n) is 2.30. The van der Waals surface area contributed by atoms with Crippen LogP contribution >= 0.6 is 9.58 Å². The predicted molar refractivity (Wildman–Crippen MR) is 172 cm³/mol. The van der Waals surface area contributed by atoms with Crippen molar-refractivity contribution in [3.63, 3.8) is 0 Å². The Balaban J connectivity index is -0.000000124. The van der Waals surface area contributed by atoms with Gasteiger partial charge >= 0.3 is 99.0 Å². The van der Waals surface area contributed by atoms with Crippen molar-refractivity contribution in [2.45, 2.75) is 60.0 Å². The maximum Gasteiger partial charge on any atom is 3.00 e. The van der Waals surface area contributed by atoms with Crippen molar-refractivity contribution in [3.05, 3.63) is 144 Å². The molecule has 0 radical (unpaired) electrons. The molecule has 0 amide bonds. The smallest absolute Gasteiger partial charge is 1.00 e. The SMILES string of the molecule is C.Fc1c[c-]c(-c2ccccn2)c(F)c1.Fc1c[c-]c(-c2ccccn2)c(F)c1.[C-]#N.[C-]#N.[C-]#[N+]C(C)(C)C.[C-]#[N+]C(C)(C)C.[Cl][Ir+2].[Ir+3].[K+]. The van der Waals surface area contributed by atoms with Gasteiger partial charge in [-0.25, -0.2) is 13.1 Å². The number of rotatable bonds is 2. The van der Waals surface area contributed by atoms with E-state index in [0.717, 1.165) is 24.3 Å². The molecule has 14 heteroatoms. The van der Waals surface area contributed by atoms with E-state index in [1.807, 2.05) is 41.5 Å². The average Bonchev–Trinajstić information content (AvgIpc) is 3.05. The van der Waals surface area contributed by atoms with Crippen LogP contribution in [0.3, 0.4) is 0 Å². The van der Waals surface area contributed by atoms with Crippen LogP contribution in [0.1, 0.15) is 49.0 Å². The maximum atomic E-state index is 13.2. The van der Waals surface area contributed by atoms with Gasteiger partial charge in [0.1, 0.15) is 0 Å². The number of hydrogen-bond acceptors (Lipinski definition) is 4. The van der Waals surface area contributed by atoms with Gasteiger partial charge in [-0.1, -0.05) is 55.0 Å². The summed E-state index contributed by atoms with van der Waals surface area (Å²) in [5.41, 5.74) is 0.939. The molecular weight excluding hydrogens is 1040 g/mol. The van der Waals surface area contributed by atoms with E-state index >= 15 is 0 Å². The fourth-order valence-corrected chi connectivity index (χ4v) is 2.30. The quantitative estimate of drug-likeness (QED) is 0.118. The summed E-state index contributed by atoms with van der Waals surface area (Å²) in [4.78, 5) is 14.4. The van der Waals surface area contributed by atoms with Gasteiger partial charge in [-0.05, 0) is 23.5 Å². The number of hydrogen-bond donors (Lipinski definition) is 0. The Bertz CT molecular complexity index is 1420. The van der Waals surface area contributed by atoms with Crippen molar-refractivity contribution in [2.24, 2.45) is 0 Å². The number of nitrogens with zero attached hydrogens (tertiary/aromatic N) is 6. The maximum absolute atomic E-state index is 13.2. The van der Waals surface area contributed by atoms with Gasteiger partial charge in [-0.3, -0.25) is 17.6 Å². The van der Waals surface area contributed by atoms with Crippen molar-refractivity contribution in [1.82, 2.24) is 9.97 Å². The monoisotopic (exact) mass is 1070 g/mol. The molecule has 0 fully saturated rings. The number of aromatic nitrogens is 2. The minimum absolute atomic E-state index is 0. The molecule has 0 unspecified atom stereocenters. The van der Waals surface area contributed by atoms with Gasteiger partial charge in [0.2, 0.25) is 11.1 Å². The molecule has 0 saturated carbocycles. The van der Waals surface area contributed by atoms with E-state index in [-0.39, 0.29) is 101 Å². The minimum atomic E-state index is -0.649. The molecule has 4 aromatic rings. The first-order valence-corrected chi connectivity index (χ1v) is 15.5. The van der Waals surface area contributed by atoms with Crippen LogP contribution in [0.5, 0.6) is 0 Å². The molecule has 0 aliphatic heterocycles. The normalized spacial score (nSPS) is 8.53. The second-order valence-corrected chi connectivity index (χ2v) is 10.1. The molecule has 49 heavy (non-hydrogen) atoms. The number of benzene rings is 2. The van der Waals surface area contributed by atoms with Crippen LogP contribution in [0, 0.1) is 72.2 Å². The molecule has 0 saturated heterocycles. The molecule has 2 aromatic heterocycles. The first kappa shape index (κ1) is 58.8. The van der Waals surface area contributed by atoms with Gasteiger partial charge in [0.05, 0.1) is 0 Å². The first-order chi connectivity index (χ1) is 21.7. The summed E-state index contributed by atoms with van der Waals surface area (Å²) < 4.78 is 51.6. The molecule has 6 nitrogen and oxygen atoms in total. The van der Waals surface area contributed by atoms with Gasteiger partial charge in [0.15, 0.2) is 0 Å². The van der Waals surface area contributed by atoms with Gasteiger partial charge in [0.25, 0.3) is 0 Å². The standard InChI is InChI=1S/2C11H6F2N.2C5H9N.2CN.CH4.ClH.2Ir.K/c2*12-8-4-5-9(10(13)7-8)11-3-1-2-6-14-11;2*1-5(2,3)6-4;2*1-2;;;;;/h2*1-4,6-7H;2*1-3H3;;;1H4;1H;;;/q2*-1;;;2*-1;;;2*+3;+1/p-1. The zero-order valence-electron chi connectivity index (χ0n) is 27.2. The average molecular weight is 1070 g/mol. The van der Waals surface area contributed by atoms with Crippen LogP contribution in [0.25, 0.3) is 32.2 Å². The van der Waals surface area contributed by atoms with Gasteiger partial charge < -0.3 is 43.3 Å². The van der Waals surface area contributed by atoms with Crippen molar-refractivity contribution in [2.75, 3.05) is 0 Å². The molecule has 2 aromatic carbocycles. The van der Waals surface area contributed by atoms with Crippen LogP contribution in [0.4, 0.5) is 17.6 Å². The summed E-state index contributed by atoms with van der Waals surface area (Å²) >= 11 is 1.47. The van der Waals surface area contributed by atoms with E-state index in [9.17, 15) is 17.6 Å². The van der Waals surface area contributed by atoms with Crippen molar-refractivity contribution < 1.29 is 107 Å². The first-order valence-electron chi connectivity index (χ1n) is 12.6. The fraction of sp³-hybridized carbons (Fsp3) is 0.257. The summed E-state index contributed by atoms with van der Waals surface area (Å²) in [5, 5.41) is 12.5. The van der Waals surface area contributed by atoms with Gasteiger partial charge in [0, 0.05) is 77.2 Å². The predicted octanol–water partition coefficient (Wildman–Crippen LogP) is 7.58. The van der Waals surface area contributed by atoms with E-state index in [1.165, 1.54) is 17.9 Å². The van der Waals surface area contributed by atoms with Crippen LogP contribution in [0.15, 0.2) is 73.1 Å². The minimum Gasteiger partial charge on any atom is 1.00 e. The molecule has 256 valence electrons. The van der Waals surface area contributed by atoms with Crippen molar-refractivity contribution in [3.8, 4) is 22.5 Å². The molecule has 0 aliphatic carbocycles. The summed E-state index contributed by atoms with van der Waals surface area (Å²) in [6.07, 6.45) is 3.10. The molecule has 0 spiro atoms. The van der Waals surface area contributed by atoms with Crippen LogP contribution in [0.2, 0.25) is 0 Å². The second kappa shape index (κ2) is 34.1. The largest absolute Gasteiger partial charge is 3.00 e. The Labute approximate surface area is 359 Å². The molecule has 0 N–H and O–H groups in total. The van der Waals surface area contributed by atoms with E-state index in [0.29, 0.717) is 11.4 Å². The molecule has 0 aliphatic rings. The van der Waals surface area contributed by atoms with Crippen molar-refractivity contribution >= 4 is 9.58 Å². The zero-order valence-corrected chi connectivity index (χ0v) is 35.8. The molecular formula is C35H34ClF4Ir2KN6+2. The second-order valence-electron chi connectivity index (χ2n) is 10.1. The van der Waals surface area contributed by atoms with E-state index in [1.54, 1.807) is 48.8 Å². The summed E-state index contributed by atoms with van der Waals surface area (Å²) in [6.45, 7) is 33.8. The Morgan fingerprint density at radius 2 is 0.939 bits per heavy atom. The van der Waals surface area contributed by atoms with Crippen LogP contribution < -0.4 is 51.4 Å². The molecule has 0 bridgehead atoms. The third kappa shape index (κ3) is 30.2. The van der Waals surface area contributed by atoms with Gasteiger partial charge in [-0.15, -0.1) is 24.3 Å². The molecule has 4 rings (SSSR count). The third-order valence-electron chi connectivity index (χ3n) is 4.23. The van der Waals surface area contributed by atoms with Crippen LogP contribution in [-0.4, -0.2) is 21.0 Å². The summed E-state index contributed by atoms with van der Waals surface area (Å²) in [7, 11) is 4.64. The Morgan fingerprint density at radius 1 is 0.673 bits per heavy atom. The summed E-state index contributed by atoms with van der Waals surface area (Å²) in [6, 6.07) is 19.1. The Hall–Kier alpha value is -2.35. The van der Waals surface area contributed by atoms with Crippen molar-refractivity contribution in [1.29, 1.82) is 10.5 Å². The molecule has 2 heterocycles. The van der Waals surface area contributed by atoms with E-state index < -0.39 is 23.3 Å². The van der Waals surface area contributed by atoms with Gasteiger partial charge in [-0.2, -0.15) is 0 Å². The van der Waals surface area contributed by atoms with E-state index in [4.69, 9.17) is 36.8 Å². The van der Waals surface area contributed by atoms with Crippen LogP contribution in [-0.2, 0) is 38.0 Å². The number of pyridine rings is 2. The zero-order chi connectivity index (χ0) is 36.3. The Kier molecular flexibility index (Phi) is 41.0. The molecule has 0 atom stereocenters. The van der Waals surface area contributed by atoms with E-state index in [2.05, 4.69) is 41.4 Å². The topological polar surface area (TPSA) is 82.1 Å².